The van der Waals surface area contributed by atoms with E-state index in [1.165, 1.54) is 57.4 Å². The maximum Gasteiger partial charge on any atom is 0.308 e. The van der Waals surface area contributed by atoms with Crippen LogP contribution in [0.3, 0.4) is 0 Å². The zero-order valence-corrected chi connectivity index (χ0v) is 26.9. The minimum atomic E-state index is -0.382. The van der Waals surface area contributed by atoms with Crippen molar-refractivity contribution >= 4 is 5.97 Å². The smallest absolute Gasteiger partial charge is 0.308 e. The van der Waals surface area contributed by atoms with Crippen LogP contribution in [0.5, 0.6) is 17.2 Å². The van der Waals surface area contributed by atoms with Gasteiger partial charge >= 0.3 is 5.97 Å². The van der Waals surface area contributed by atoms with Crippen molar-refractivity contribution in [1.82, 2.24) is 9.80 Å². The van der Waals surface area contributed by atoms with Gasteiger partial charge in [-0.3, -0.25) is 14.6 Å². The lowest BCUT2D eigenvalue weighted by molar-refractivity contribution is -0.132. The zero-order valence-electron chi connectivity index (χ0n) is 26.9. The van der Waals surface area contributed by atoms with Crippen molar-refractivity contribution in [3.63, 3.8) is 0 Å². The second-order valence-corrected chi connectivity index (χ2v) is 13.7. The van der Waals surface area contributed by atoms with E-state index in [0.29, 0.717) is 23.8 Å². The molecule has 0 amide bonds. The Bertz CT molecular complexity index is 1310. The third-order valence-corrected chi connectivity index (χ3v) is 11.1. The number of carbonyl (C=O) groups excluding carboxylic acids is 1. The Balaban J connectivity index is 1.25. The summed E-state index contributed by atoms with van der Waals surface area (Å²) in [6, 6.07) is 13.1. The van der Waals surface area contributed by atoms with E-state index >= 15 is 0 Å². The molecule has 44 heavy (non-hydrogen) atoms. The second kappa shape index (κ2) is 13.7. The first kappa shape index (κ1) is 31.2. The molecule has 2 aromatic carbocycles. The van der Waals surface area contributed by atoms with E-state index in [0.717, 1.165) is 75.2 Å². The molecule has 1 saturated carbocycles. The number of carbonyl (C=O) groups is 1. The van der Waals surface area contributed by atoms with Gasteiger partial charge in [-0.1, -0.05) is 69.0 Å². The van der Waals surface area contributed by atoms with Gasteiger partial charge in [0.15, 0.2) is 11.5 Å². The summed E-state index contributed by atoms with van der Waals surface area (Å²) < 4.78 is 12.8. The highest BCUT2D eigenvalue weighted by Crippen LogP contribution is 2.65. The van der Waals surface area contributed by atoms with E-state index in [2.05, 4.69) is 53.6 Å². The normalized spacial score (nSPS) is 26.7. The number of unbranched alkanes of at least 4 members (excludes halogenated alkanes) is 5. The van der Waals surface area contributed by atoms with Gasteiger partial charge in [0.1, 0.15) is 11.9 Å². The van der Waals surface area contributed by atoms with Gasteiger partial charge in [0, 0.05) is 48.2 Å². The van der Waals surface area contributed by atoms with Crippen LogP contribution in [-0.2, 0) is 23.1 Å². The van der Waals surface area contributed by atoms with Crippen molar-refractivity contribution in [1.29, 1.82) is 0 Å². The highest BCUT2D eigenvalue weighted by molar-refractivity contribution is 5.73. The zero-order chi connectivity index (χ0) is 30.7. The lowest BCUT2D eigenvalue weighted by Crippen LogP contribution is -2.68. The number of piperidine rings is 1. The molecule has 1 N–H and O–H groups in total. The molecule has 5 atom stereocenters. The molecule has 0 aromatic heterocycles. The molecule has 0 unspecified atom stereocenters. The summed E-state index contributed by atoms with van der Waals surface area (Å²) >= 11 is 0. The molecule has 2 aromatic rings. The minimum absolute atomic E-state index is 0.000466. The van der Waals surface area contributed by atoms with Crippen LogP contribution >= 0.6 is 0 Å². The van der Waals surface area contributed by atoms with Crippen LogP contribution in [0.1, 0.15) is 94.7 Å². The van der Waals surface area contributed by atoms with Gasteiger partial charge < -0.3 is 14.6 Å². The van der Waals surface area contributed by atoms with E-state index in [-0.39, 0.29) is 23.2 Å². The number of rotatable bonds is 15. The number of likely N-dealkylation sites (tertiary alicyclic amines) is 1. The van der Waals surface area contributed by atoms with E-state index in [4.69, 9.17) is 9.47 Å². The number of phenols is 1. The molecule has 2 aliphatic carbocycles. The van der Waals surface area contributed by atoms with Gasteiger partial charge in [-0.05, 0) is 82.5 Å². The third-order valence-electron chi connectivity index (χ3n) is 11.1. The molecule has 6 nitrogen and oxygen atoms in total. The SMILES string of the molecule is C=CCN1CC[C@]23c4c5c(O)cc(OC(C)=O)c4O[C@H]2[C@@H](N(CCCCC)CCCCCCc2ccccc2)CC[C@H]3[C@H]1C5. The first-order valence-corrected chi connectivity index (χ1v) is 17.3. The van der Waals surface area contributed by atoms with Gasteiger partial charge in [-0.2, -0.15) is 0 Å². The van der Waals surface area contributed by atoms with Crippen LogP contribution in [-0.4, -0.2) is 65.2 Å². The summed E-state index contributed by atoms with van der Waals surface area (Å²) in [6.45, 7) is 11.8. The lowest BCUT2D eigenvalue weighted by Gasteiger charge is -2.60. The lowest BCUT2D eigenvalue weighted by atomic mass is 9.50. The summed E-state index contributed by atoms with van der Waals surface area (Å²) in [5.41, 5.74) is 3.43. The van der Waals surface area contributed by atoms with Gasteiger partial charge in [0.05, 0.1) is 0 Å². The van der Waals surface area contributed by atoms with Crippen molar-refractivity contribution < 1.29 is 19.4 Å². The summed E-state index contributed by atoms with van der Waals surface area (Å²) in [6.07, 6.45) is 15.9. The standard InChI is InChI=1S/C38H52N2O4/c1-4-6-13-22-40(23-14-8-7-10-15-28-16-11-9-12-17-28)31-19-18-30-32-25-29-33(42)26-34(43-27(3)41)36-35(29)38(30,37(31)44-36)20-24-39(32)21-5-2/h5,9,11-12,16-17,26,30-32,37,42H,2,4,6-8,10,13-15,18-25H2,1,3H3/t30-,31-,32+,37-,38-/m0/s1. The average molecular weight is 601 g/mol. The molecule has 238 valence electrons. The predicted molar refractivity (Wildman–Crippen MR) is 176 cm³/mol. The number of hydrogen-bond acceptors (Lipinski definition) is 6. The Hall–Kier alpha value is -2.83. The van der Waals surface area contributed by atoms with Gasteiger partial charge in [0.25, 0.3) is 0 Å². The van der Waals surface area contributed by atoms with Crippen LogP contribution in [0.4, 0.5) is 0 Å². The fourth-order valence-electron chi connectivity index (χ4n) is 9.30. The van der Waals surface area contributed by atoms with E-state index < -0.39 is 0 Å². The molecule has 2 bridgehead atoms. The number of nitrogens with zero attached hydrogens (tertiary/aromatic N) is 2. The van der Waals surface area contributed by atoms with E-state index in [9.17, 15) is 9.90 Å². The van der Waals surface area contributed by atoms with Crippen LogP contribution in [0.15, 0.2) is 49.1 Å². The topological polar surface area (TPSA) is 62.2 Å². The Kier molecular flexibility index (Phi) is 9.68. The monoisotopic (exact) mass is 600 g/mol. The maximum atomic E-state index is 12.1. The average Bonchev–Trinajstić information content (AvgIpc) is 3.36. The molecule has 6 rings (SSSR count). The van der Waals surface area contributed by atoms with Crippen LogP contribution < -0.4 is 9.47 Å². The number of esters is 1. The largest absolute Gasteiger partial charge is 0.508 e. The summed E-state index contributed by atoms with van der Waals surface area (Å²) in [4.78, 5) is 17.5. The van der Waals surface area contributed by atoms with Crippen molar-refractivity contribution in [2.24, 2.45) is 5.92 Å². The Morgan fingerprint density at radius 2 is 1.91 bits per heavy atom. The van der Waals surface area contributed by atoms with Gasteiger partial charge in [-0.25, -0.2) is 0 Å². The van der Waals surface area contributed by atoms with E-state index in [1.807, 2.05) is 6.08 Å². The molecular formula is C38H52N2O4. The molecule has 4 aliphatic rings. The second-order valence-electron chi connectivity index (χ2n) is 13.7. The van der Waals surface area contributed by atoms with Crippen molar-refractivity contribution in [2.45, 2.75) is 114 Å². The number of aryl methyl sites for hydroxylation is 1. The third kappa shape index (κ3) is 5.80. The first-order chi connectivity index (χ1) is 21.5. The summed E-state index contributed by atoms with van der Waals surface area (Å²) in [5.74, 6) is 1.42. The Morgan fingerprint density at radius 1 is 1.14 bits per heavy atom. The molecule has 6 heteroatoms. The summed E-state index contributed by atoms with van der Waals surface area (Å²) in [7, 11) is 0. The number of benzene rings is 2. The highest BCUT2D eigenvalue weighted by Gasteiger charge is 2.66. The quantitative estimate of drug-likeness (QED) is 0.101. The van der Waals surface area contributed by atoms with Crippen molar-refractivity contribution in [3.8, 4) is 17.2 Å². The fraction of sp³-hybridized carbons (Fsp3) is 0.605. The molecule has 2 fully saturated rings. The predicted octanol–water partition coefficient (Wildman–Crippen LogP) is 7.21. The molecule has 0 radical (unpaired) electrons. The summed E-state index contributed by atoms with van der Waals surface area (Å²) in [5, 5.41) is 11.3. The number of phenolic OH excluding ortho intramolecular Hbond substituents is 1. The molecule has 1 saturated heterocycles. The first-order valence-electron chi connectivity index (χ1n) is 17.3. The molecule has 2 aliphatic heterocycles. The van der Waals surface area contributed by atoms with Crippen LogP contribution in [0, 0.1) is 5.92 Å². The maximum absolute atomic E-state index is 12.1. The highest BCUT2D eigenvalue weighted by atomic mass is 16.6. The Morgan fingerprint density at radius 3 is 2.66 bits per heavy atom. The van der Waals surface area contributed by atoms with E-state index in [1.54, 1.807) is 6.07 Å². The fourth-order valence-corrected chi connectivity index (χ4v) is 9.30. The molecular weight excluding hydrogens is 548 g/mol. The van der Waals surface area contributed by atoms with Gasteiger partial charge in [0.2, 0.25) is 0 Å². The minimum Gasteiger partial charge on any atom is -0.508 e. The Labute approximate surface area is 264 Å². The van der Waals surface area contributed by atoms with Crippen LogP contribution in [0.2, 0.25) is 0 Å². The number of ether oxygens (including phenoxy) is 2. The van der Waals surface area contributed by atoms with Crippen LogP contribution in [0.25, 0.3) is 0 Å². The van der Waals surface area contributed by atoms with Crippen molar-refractivity contribution in [2.75, 3.05) is 26.2 Å². The van der Waals surface area contributed by atoms with Crippen molar-refractivity contribution in [3.05, 3.63) is 65.7 Å². The molecule has 1 spiro atoms. The van der Waals surface area contributed by atoms with Gasteiger partial charge in [-0.15, -0.1) is 6.58 Å². The molecule has 2 heterocycles. The number of hydrogen-bond donors (Lipinski definition) is 1. The number of aromatic hydroxyl groups is 1.